The van der Waals surface area contributed by atoms with Gasteiger partial charge in [0.05, 0.1) is 0 Å². The quantitative estimate of drug-likeness (QED) is 0.940. The van der Waals surface area contributed by atoms with Crippen molar-refractivity contribution in [1.29, 1.82) is 0 Å². The number of nitrogens with zero attached hydrogens (tertiary/aromatic N) is 1. The van der Waals surface area contributed by atoms with Crippen molar-refractivity contribution in [2.45, 2.75) is 32.3 Å². The predicted octanol–water partition coefficient (Wildman–Crippen LogP) is 2.78. The summed E-state index contributed by atoms with van der Waals surface area (Å²) >= 11 is 0. The van der Waals surface area contributed by atoms with Crippen LogP contribution in [0.15, 0.2) is 35.3 Å². The standard InChI is InChI=1S/C17H22N2O2/c1-2-9-19-10-3-4-15(12-19)21-14-5-6-16-13(11-14)7-8-18-17(16)20/h5-8,11,15H,2-4,9-10,12H2,1H3,(H,18,20). The summed E-state index contributed by atoms with van der Waals surface area (Å²) in [7, 11) is 0. The van der Waals surface area contributed by atoms with Crippen LogP contribution in [-0.2, 0) is 0 Å². The summed E-state index contributed by atoms with van der Waals surface area (Å²) < 4.78 is 6.13. The highest BCUT2D eigenvalue weighted by molar-refractivity contribution is 5.82. The van der Waals surface area contributed by atoms with Crippen molar-refractivity contribution in [2.75, 3.05) is 19.6 Å². The summed E-state index contributed by atoms with van der Waals surface area (Å²) in [5, 5.41) is 1.64. The van der Waals surface area contributed by atoms with Crippen LogP contribution < -0.4 is 10.3 Å². The molecule has 2 aromatic rings. The van der Waals surface area contributed by atoms with Crippen LogP contribution in [0, 0.1) is 0 Å². The van der Waals surface area contributed by atoms with Crippen molar-refractivity contribution in [3.05, 3.63) is 40.8 Å². The van der Waals surface area contributed by atoms with Gasteiger partial charge in [-0.15, -0.1) is 0 Å². The predicted molar refractivity (Wildman–Crippen MR) is 84.9 cm³/mol. The Labute approximate surface area is 124 Å². The first-order valence-corrected chi connectivity index (χ1v) is 7.76. The summed E-state index contributed by atoms with van der Waals surface area (Å²) in [5.41, 5.74) is -0.0502. The number of pyridine rings is 1. The van der Waals surface area contributed by atoms with E-state index >= 15 is 0 Å². The van der Waals surface area contributed by atoms with Crippen LogP contribution in [0.3, 0.4) is 0 Å². The van der Waals surface area contributed by atoms with Gasteiger partial charge in [-0.3, -0.25) is 9.69 Å². The largest absolute Gasteiger partial charge is 0.489 e. The number of aromatic amines is 1. The van der Waals surface area contributed by atoms with Gasteiger partial charge >= 0.3 is 0 Å². The van der Waals surface area contributed by atoms with Gasteiger partial charge in [0.2, 0.25) is 0 Å². The molecule has 1 unspecified atom stereocenters. The van der Waals surface area contributed by atoms with Gasteiger partial charge in [-0.05, 0) is 62.0 Å². The molecule has 4 nitrogen and oxygen atoms in total. The Hall–Kier alpha value is -1.81. The molecule has 0 saturated carbocycles. The van der Waals surface area contributed by atoms with Crippen LogP contribution >= 0.6 is 0 Å². The Morgan fingerprint density at radius 1 is 1.38 bits per heavy atom. The molecule has 1 aliphatic heterocycles. The van der Waals surface area contributed by atoms with Gasteiger partial charge in [0.15, 0.2) is 0 Å². The Morgan fingerprint density at radius 3 is 3.14 bits per heavy atom. The normalized spacial score (nSPS) is 19.8. The minimum atomic E-state index is -0.0502. The van der Waals surface area contributed by atoms with Crippen LogP contribution in [0.25, 0.3) is 10.8 Å². The molecule has 0 bridgehead atoms. The summed E-state index contributed by atoms with van der Waals surface area (Å²) in [4.78, 5) is 16.9. The maximum Gasteiger partial charge on any atom is 0.255 e. The molecule has 1 atom stereocenters. The van der Waals surface area contributed by atoms with Crippen molar-refractivity contribution in [3.8, 4) is 5.75 Å². The van der Waals surface area contributed by atoms with E-state index in [1.165, 1.54) is 19.4 Å². The van der Waals surface area contributed by atoms with Crippen LogP contribution in [0.2, 0.25) is 0 Å². The van der Waals surface area contributed by atoms with E-state index < -0.39 is 0 Å². The lowest BCUT2D eigenvalue weighted by atomic mass is 10.1. The van der Waals surface area contributed by atoms with Crippen molar-refractivity contribution >= 4 is 10.8 Å². The average Bonchev–Trinajstić information content (AvgIpc) is 2.48. The van der Waals surface area contributed by atoms with E-state index in [-0.39, 0.29) is 11.7 Å². The van der Waals surface area contributed by atoms with E-state index in [2.05, 4.69) is 16.8 Å². The van der Waals surface area contributed by atoms with Gasteiger partial charge in [-0.1, -0.05) is 6.92 Å². The van der Waals surface area contributed by atoms with Crippen LogP contribution in [0.4, 0.5) is 0 Å². The number of nitrogens with one attached hydrogen (secondary N) is 1. The maximum absolute atomic E-state index is 11.7. The summed E-state index contributed by atoms with van der Waals surface area (Å²) in [5.74, 6) is 0.858. The second-order valence-corrected chi connectivity index (χ2v) is 5.74. The van der Waals surface area contributed by atoms with E-state index in [0.29, 0.717) is 5.39 Å². The van der Waals surface area contributed by atoms with Crippen molar-refractivity contribution in [1.82, 2.24) is 9.88 Å². The fraction of sp³-hybridized carbons (Fsp3) is 0.471. The molecule has 1 aliphatic rings. The number of ether oxygens (including phenoxy) is 1. The van der Waals surface area contributed by atoms with E-state index in [4.69, 9.17) is 4.74 Å². The summed E-state index contributed by atoms with van der Waals surface area (Å²) in [6, 6.07) is 7.61. The zero-order valence-electron chi connectivity index (χ0n) is 12.5. The lowest BCUT2D eigenvalue weighted by molar-refractivity contribution is 0.0888. The fourth-order valence-electron chi connectivity index (χ4n) is 3.06. The third-order valence-electron chi connectivity index (χ3n) is 4.05. The van der Waals surface area contributed by atoms with E-state index in [9.17, 15) is 4.79 Å². The van der Waals surface area contributed by atoms with Crippen LogP contribution in [0.5, 0.6) is 5.75 Å². The van der Waals surface area contributed by atoms with Crippen LogP contribution in [0.1, 0.15) is 26.2 Å². The van der Waals surface area contributed by atoms with E-state index in [1.54, 1.807) is 6.20 Å². The van der Waals surface area contributed by atoms with Crippen molar-refractivity contribution in [2.24, 2.45) is 0 Å². The molecule has 0 spiro atoms. The highest BCUT2D eigenvalue weighted by Crippen LogP contribution is 2.22. The molecule has 0 amide bonds. The number of H-pyrrole nitrogens is 1. The molecule has 3 rings (SSSR count). The molecule has 1 N–H and O–H groups in total. The maximum atomic E-state index is 11.7. The van der Waals surface area contributed by atoms with Gasteiger partial charge < -0.3 is 9.72 Å². The molecule has 1 fully saturated rings. The van der Waals surface area contributed by atoms with Gasteiger partial charge in [0.1, 0.15) is 11.9 Å². The molecule has 4 heteroatoms. The molecule has 2 heterocycles. The van der Waals surface area contributed by atoms with Gasteiger partial charge in [-0.25, -0.2) is 0 Å². The minimum absolute atomic E-state index is 0.0502. The number of aromatic nitrogens is 1. The van der Waals surface area contributed by atoms with E-state index in [1.807, 2.05) is 24.3 Å². The highest BCUT2D eigenvalue weighted by atomic mass is 16.5. The number of benzene rings is 1. The zero-order chi connectivity index (χ0) is 14.7. The third-order valence-corrected chi connectivity index (χ3v) is 4.05. The first-order valence-electron chi connectivity index (χ1n) is 7.76. The number of hydrogen-bond donors (Lipinski definition) is 1. The molecule has 0 aliphatic carbocycles. The Kier molecular flexibility index (Phi) is 4.25. The second-order valence-electron chi connectivity index (χ2n) is 5.74. The number of piperidine rings is 1. The molecule has 1 aromatic heterocycles. The number of hydrogen-bond acceptors (Lipinski definition) is 3. The van der Waals surface area contributed by atoms with Crippen molar-refractivity contribution < 1.29 is 4.74 Å². The fourth-order valence-corrected chi connectivity index (χ4v) is 3.06. The molecule has 1 aromatic carbocycles. The average molecular weight is 286 g/mol. The highest BCUT2D eigenvalue weighted by Gasteiger charge is 2.20. The number of rotatable bonds is 4. The van der Waals surface area contributed by atoms with Gasteiger partial charge in [0.25, 0.3) is 5.56 Å². The second kappa shape index (κ2) is 6.31. The van der Waals surface area contributed by atoms with Crippen molar-refractivity contribution in [3.63, 3.8) is 0 Å². The molecule has 21 heavy (non-hydrogen) atoms. The lowest BCUT2D eigenvalue weighted by Crippen LogP contribution is -2.41. The molecule has 0 radical (unpaired) electrons. The molecular formula is C17H22N2O2. The first kappa shape index (κ1) is 14.1. The SMILES string of the molecule is CCCN1CCCC(Oc2ccc3c(=O)[nH]ccc3c2)C1. The van der Waals surface area contributed by atoms with Crippen LogP contribution in [-0.4, -0.2) is 35.6 Å². The van der Waals surface area contributed by atoms with E-state index in [0.717, 1.165) is 30.6 Å². The van der Waals surface area contributed by atoms with Gasteiger partial charge in [-0.2, -0.15) is 0 Å². The minimum Gasteiger partial charge on any atom is -0.489 e. The zero-order valence-corrected chi connectivity index (χ0v) is 12.5. The van der Waals surface area contributed by atoms with Gasteiger partial charge in [0, 0.05) is 18.1 Å². The first-order chi connectivity index (χ1) is 10.3. The third kappa shape index (κ3) is 3.27. The number of fused-ring (bicyclic) bond motifs is 1. The molecule has 112 valence electrons. The number of likely N-dealkylation sites (tertiary alicyclic amines) is 1. The lowest BCUT2D eigenvalue weighted by Gasteiger charge is -2.32. The summed E-state index contributed by atoms with van der Waals surface area (Å²) in [6.45, 7) is 5.54. The Morgan fingerprint density at radius 2 is 2.29 bits per heavy atom. The smallest absolute Gasteiger partial charge is 0.255 e. The Balaban J connectivity index is 1.74. The Bertz CT molecular complexity index is 663. The topological polar surface area (TPSA) is 45.3 Å². The molecule has 1 saturated heterocycles. The molecular weight excluding hydrogens is 264 g/mol. The summed E-state index contributed by atoms with van der Waals surface area (Å²) in [6.07, 6.45) is 5.42. The monoisotopic (exact) mass is 286 g/mol.